The third-order valence-electron chi connectivity index (χ3n) is 2.97. The Balaban J connectivity index is 0.00000242. The first-order valence-electron chi connectivity index (χ1n) is 7.20. The van der Waals surface area contributed by atoms with E-state index in [-0.39, 0.29) is 24.0 Å². The summed E-state index contributed by atoms with van der Waals surface area (Å²) in [6, 6.07) is 1.91. The second-order valence-electron chi connectivity index (χ2n) is 4.50. The zero-order chi connectivity index (χ0) is 14.9. The number of aryl methyl sites for hydroxylation is 1. The SMILES string of the molecule is CCNC(=NCc1ccn[nH]1)NCCn1cnnc1CC.I. The van der Waals surface area contributed by atoms with Crippen LogP contribution in [0.15, 0.2) is 23.6 Å². The molecule has 0 aliphatic heterocycles. The first-order chi connectivity index (χ1) is 10.3. The van der Waals surface area contributed by atoms with E-state index in [1.807, 2.05) is 17.6 Å². The van der Waals surface area contributed by atoms with E-state index in [4.69, 9.17) is 0 Å². The number of nitrogens with one attached hydrogen (secondary N) is 3. The van der Waals surface area contributed by atoms with Gasteiger partial charge in [0.1, 0.15) is 12.2 Å². The Labute approximate surface area is 147 Å². The predicted molar refractivity (Wildman–Crippen MR) is 96.2 cm³/mol. The van der Waals surface area contributed by atoms with Gasteiger partial charge in [-0.05, 0) is 13.0 Å². The molecule has 2 aromatic rings. The van der Waals surface area contributed by atoms with E-state index in [9.17, 15) is 0 Å². The number of guanidine groups is 1. The van der Waals surface area contributed by atoms with Gasteiger partial charge in [0.15, 0.2) is 5.96 Å². The van der Waals surface area contributed by atoms with E-state index in [2.05, 4.69) is 42.9 Å². The largest absolute Gasteiger partial charge is 0.357 e. The van der Waals surface area contributed by atoms with Crippen molar-refractivity contribution < 1.29 is 0 Å². The minimum atomic E-state index is 0. The monoisotopic (exact) mass is 418 g/mol. The number of aromatic amines is 1. The van der Waals surface area contributed by atoms with Crippen LogP contribution in [0.3, 0.4) is 0 Å². The molecule has 0 aliphatic carbocycles. The summed E-state index contributed by atoms with van der Waals surface area (Å²) in [5, 5.41) is 21.3. The van der Waals surface area contributed by atoms with Crippen molar-refractivity contribution in [3.8, 4) is 0 Å². The molecule has 0 saturated carbocycles. The Morgan fingerprint density at radius 1 is 1.36 bits per heavy atom. The number of hydrogen-bond acceptors (Lipinski definition) is 4. The number of hydrogen-bond donors (Lipinski definition) is 3. The molecule has 3 N–H and O–H groups in total. The van der Waals surface area contributed by atoms with Gasteiger partial charge in [-0.1, -0.05) is 6.92 Å². The summed E-state index contributed by atoms with van der Waals surface area (Å²) in [6.07, 6.45) is 4.37. The normalized spacial score (nSPS) is 11.1. The minimum absolute atomic E-state index is 0. The number of halogens is 1. The third kappa shape index (κ3) is 5.62. The second-order valence-corrected chi connectivity index (χ2v) is 4.50. The van der Waals surface area contributed by atoms with Crippen LogP contribution in [-0.2, 0) is 19.5 Å². The average Bonchev–Trinajstić information content (AvgIpc) is 3.16. The van der Waals surface area contributed by atoms with Gasteiger partial charge in [0.25, 0.3) is 0 Å². The molecule has 0 saturated heterocycles. The fourth-order valence-electron chi connectivity index (χ4n) is 1.91. The highest BCUT2D eigenvalue weighted by molar-refractivity contribution is 14.0. The lowest BCUT2D eigenvalue weighted by molar-refractivity contribution is 0.632. The Kier molecular flexibility index (Phi) is 8.48. The van der Waals surface area contributed by atoms with Crippen molar-refractivity contribution in [2.24, 2.45) is 4.99 Å². The van der Waals surface area contributed by atoms with Crippen LogP contribution in [0.25, 0.3) is 0 Å². The molecule has 2 rings (SSSR count). The quantitative estimate of drug-likeness (QED) is 0.354. The molecule has 8 nitrogen and oxygen atoms in total. The highest BCUT2D eigenvalue weighted by Crippen LogP contribution is 1.95. The molecule has 0 aromatic carbocycles. The van der Waals surface area contributed by atoms with Gasteiger partial charge in [-0.3, -0.25) is 5.10 Å². The van der Waals surface area contributed by atoms with Crippen molar-refractivity contribution in [2.75, 3.05) is 13.1 Å². The van der Waals surface area contributed by atoms with Crippen LogP contribution in [-0.4, -0.2) is 44.0 Å². The zero-order valence-corrected chi connectivity index (χ0v) is 15.2. The lowest BCUT2D eigenvalue weighted by Gasteiger charge is -2.12. The van der Waals surface area contributed by atoms with Gasteiger partial charge in [0, 0.05) is 32.3 Å². The third-order valence-corrected chi connectivity index (χ3v) is 2.97. The van der Waals surface area contributed by atoms with Crippen LogP contribution in [0.1, 0.15) is 25.4 Å². The summed E-state index contributed by atoms with van der Waals surface area (Å²) in [4.78, 5) is 4.50. The number of H-pyrrole nitrogens is 1. The first kappa shape index (κ1) is 18.4. The molecule has 0 radical (unpaired) electrons. The van der Waals surface area contributed by atoms with Crippen LogP contribution >= 0.6 is 24.0 Å². The number of rotatable bonds is 7. The van der Waals surface area contributed by atoms with Crippen LogP contribution in [0.4, 0.5) is 0 Å². The zero-order valence-electron chi connectivity index (χ0n) is 12.9. The van der Waals surface area contributed by atoms with Crippen molar-refractivity contribution >= 4 is 29.9 Å². The number of aliphatic imine (C=N–C) groups is 1. The first-order valence-corrected chi connectivity index (χ1v) is 7.20. The van der Waals surface area contributed by atoms with E-state index < -0.39 is 0 Å². The van der Waals surface area contributed by atoms with E-state index in [1.54, 1.807) is 12.5 Å². The topological polar surface area (TPSA) is 95.8 Å². The lowest BCUT2D eigenvalue weighted by Crippen LogP contribution is -2.38. The van der Waals surface area contributed by atoms with E-state index in [1.165, 1.54) is 0 Å². The second kappa shape index (κ2) is 10.1. The molecule has 9 heteroatoms. The summed E-state index contributed by atoms with van der Waals surface area (Å²) < 4.78 is 2.05. The van der Waals surface area contributed by atoms with Crippen LogP contribution in [0.2, 0.25) is 0 Å². The van der Waals surface area contributed by atoms with Gasteiger partial charge in [0.05, 0.1) is 12.2 Å². The van der Waals surface area contributed by atoms with Crippen molar-refractivity contribution in [2.45, 2.75) is 33.4 Å². The van der Waals surface area contributed by atoms with E-state index >= 15 is 0 Å². The van der Waals surface area contributed by atoms with E-state index in [0.29, 0.717) is 6.54 Å². The molecule has 22 heavy (non-hydrogen) atoms. The molecule has 0 unspecified atom stereocenters. The fourth-order valence-corrected chi connectivity index (χ4v) is 1.91. The molecular weight excluding hydrogens is 395 g/mol. The molecule has 122 valence electrons. The molecule has 2 heterocycles. The van der Waals surface area contributed by atoms with Crippen molar-refractivity contribution in [1.29, 1.82) is 0 Å². The van der Waals surface area contributed by atoms with Crippen molar-refractivity contribution in [3.05, 3.63) is 30.1 Å². The molecule has 0 bridgehead atoms. The Morgan fingerprint density at radius 3 is 2.91 bits per heavy atom. The highest BCUT2D eigenvalue weighted by atomic mass is 127. The maximum atomic E-state index is 4.50. The Hall–Kier alpha value is -1.65. The minimum Gasteiger partial charge on any atom is -0.357 e. The van der Waals surface area contributed by atoms with Gasteiger partial charge >= 0.3 is 0 Å². The summed E-state index contributed by atoms with van der Waals surface area (Å²) in [5.41, 5.74) is 0.985. The van der Waals surface area contributed by atoms with Crippen LogP contribution in [0.5, 0.6) is 0 Å². The molecule has 2 aromatic heterocycles. The summed E-state index contributed by atoms with van der Waals surface area (Å²) in [6.45, 7) is 7.08. The standard InChI is InChI=1S/C13H22N8.HI/c1-3-12-20-18-10-21(12)8-7-15-13(14-4-2)16-9-11-5-6-17-19-11;/h5-6,10H,3-4,7-9H2,1-2H3,(H,17,19)(H2,14,15,16);1H. The average molecular weight is 418 g/mol. The van der Waals surface area contributed by atoms with Crippen LogP contribution < -0.4 is 10.6 Å². The predicted octanol–water partition coefficient (Wildman–Crippen LogP) is 0.937. The molecule has 0 aliphatic rings. The maximum absolute atomic E-state index is 4.50. The Bertz CT molecular complexity index is 548. The van der Waals surface area contributed by atoms with Gasteiger partial charge in [-0.25, -0.2) is 4.99 Å². The highest BCUT2D eigenvalue weighted by Gasteiger charge is 2.02. The molecule has 0 fully saturated rings. The fraction of sp³-hybridized carbons (Fsp3) is 0.538. The summed E-state index contributed by atoms with van der Waals surface area (Å²) in [7, 11) is 0. The van der Waals surface area contributed by atoms with Gasteiger partial charge < -0.3 is 15.2 Å². The number of aromatic nitrogens is 5. The van der Waals surface area contributed by atoms with Crippen molar-refractivity contribution in [1.82, 2.24) is 35.6 Å². The van der Waals surface area contributed by atoms with E-state index in [0.717, 1.165) is 43.5 Å². The molecular formula is C13H23IN8. The van der Waals surface area contributed by atoms with Gasteiger partial charge in [0.2, 0.25) is 0 Å². The Morgan fingerprint density at radius 2 is 2.23 bits per heavy atom. The van der Waals surface area contributed by atoms with Crippen molar-refractivity contribution in [3.63, 3.8) is 0 Å². The molecule has 0 amide bonds. The maximum Gasteiger partial charge on any atom is 0.191 e. The van der Waals surface area contributed by atoms with Crippen LogP contribution in [0, 0.1) is 0 Å². The summed E-state index contributed by atoms with van der Waals surface area (Å²) >= 11 is 0. The smallest absolute Gasteiger partial charge is 0.191 e. The molecule has 0 spiro atoms. The lowest BCUT2D eigenvalue weighted by atomic mass is 10.4. The number of nitrogens with zero attached hydrogens (tertiary/aromatic N) is 5. The van der Waals surface area contributed by atoms with Gasteiger partial charge in [-0.15, -0.1) is 34.2 Å². The summed E-state index contributed by atoms with van der Waals surface area (Å²) in [5.74, 6) is 1.79. The van der Waals surface area contributed by atoms with Gasteiger partial charge in [-0.2, -0.15) is 5.10 Å². The molecule has 0 atom stereocenters.